The number of rotatable bonds is 3. The van der Waals surface area contributed by atoms with E-state index in [1.807, 2.05) is 26.8 Å². The van der Waals surface area contributed by atoms with E-state index in [0.717, 1.165) is 25.1 Å². The van der Waals surface area contributed by atoms with E-state index in [1.165, 1.54) is 12.1 Å². The number of carbonyl (C=O) groups is 1. The molecule has 128 valence electrons. The van der Waals surface area contributed by atoms with Gasteiger partial charge in [0.25, 0.3) is 0 Å². The van der Waals surface area contributed by atoms with E-state index in [1.54, 1.807) is 11.0 Å². The van der Waals surface area contributed by atoms with Crippen LogP contribution in [0.15, 0.2) is 24.3 Å². The van der Waals surface area contributed by atoms with Crippen LogP contribution in [0.2, 0.25) is 0 Å². The van der Waals surface area contributed by atoms with E-state index in [9.17, 15) is 9.18 Å². The Morgan fingerprint density at radius 3 is 2.83 bits per heavy atom. The maximum Gasteiger partial charge on any atom is 0.410 e. The maximum atomic E-state index is 13.3. The smallest absolute Gasteiger partial charge is 0.410 e. The summed E-state index contributed by atoms with van der Waals surface area (Å²) in [6.45, 7) is 9.10. The van der Waals surface area contributed by atoms with Crippen LogP contribution < -0.4 is 5.32 Å². The van der Waals surface area contributed by atoms with Gasteiger partial charge in [-0.25, -0.2) is 9.18 Å². The predicted octanol–water partition coefficient (Wildman–Crippen LogP) is 4.27. The molecule has 1 fully saturated rings. The molecule has 0 aliphatic carbocycles. The lowest BCUT2D eigenvalue weighted by Gasteiger charge is -2.37. The lowest BCUT2D eigenvalue weighted by Crippen LogP contribution is -2.46. The largest absolute Gasteiger partial charge is 0.444 e. The lowest BCUT2D eigenvalue weighted by atomic mass is 9.91. The van der Waals surface area contributed by atoms with Crippen molar-refractivity contribution in [2.75, 3.05) is 18.4 Å². The van der Waals surface area contributed by atoms with E-state index in [-0.39, 0.29) is 18.0 Å². The topological polar surface area (TPSA) is 41.6 Å². The number of carbonyl (C=O) groups excluding carboxylic acids is 1. The van der Waals surface area contributed by atoms with E-state index in [0.29, 0.717) is 12.5 Å². The number of piperidine rings is 1. The molecule has 1 aliphatic heterocycles. The summed E-state index contributed by atoms with van der Waals surface area (Å²) in [5.74, 6) is 0.0701. The summed E-state index contributed by atoms with van der Waals surface area (Å²) in [7, 11) is 0. The minimum absolute atomic E-state index is 0.155. The number of nitrogens with zero attached hydrogens (tertiary/aromatic N) is 1. The fraction of sp³-hybridized carbons (Fsp3) is 0.611. The Hall–Kier alpha value is -1.78. The standard InChI is InChI=1S/C18H27FN2O2/c1-13(20-16-9-5-8-15(19)11-16)14-7-6-10-21(12-14)17(22)23-18(2,3)4/h5,8-9,11,13-14,20H,6-7,10,12H2,1-4H3. The van der Waals surface area contributed by atoms with Crippen molar-refractivity contribution in [3.05, 3.63) is 30.1 Å². The highest BCUT2D eigenvalue weighted by Gasteiger charge is 2.30. The van der Waals surface area contributed by atoms with Crippen molar-refractivity contribution in [3.63, 3.8) is 0 Å². The number of amides is 1. The third-order valence-corrected chi connectivity index (χ3v) is 4.04. The molecule has 23 heavy (non-hydrogen) atoms. The first-order valence-electron chi connectivity index (χ1n) is 8.24. The molecule has 2 atom stereocenters. The molecule has 1 aromatic rings. The Morgan fingerprint density at radius 1 is 1.43 bits per heavy atom. The van der Waals surface area contributed by atoms with Gasteiger partial charge in [-0.15, -0.1) is 0 Å². The van der Waals surface area contributed by atoms with Crippen molar-refractivity contribution in [2.45, 2.75) is 52.2 Å². The average molecular weight is 322 g/mol. The normalized spacial score (nSPS) is 20.0. The monoisotopic (exact) mass is 322 g/mol. The van der Waals surface area contributed by atoms with Gasteiger partial charge < -0.3 is 15.0 Å². The summed E-state index contributed by atoms with van der Waals surface area (Å²) in [4.78, 5) is 14.0. The average Bonchev–Trinajstić information content (AvgIpc) is 2.45. The number of likely N-dealkylation sites (tertiary alicyclic amines) is 1. The van der Waals surface area contributed by atoms with Gasteiger partial charge in [-0.2, -0.15) is 0 Å². The molecule has 1 amide bonds. The summed E-state index contributed by atoms with van der Waals surface area (Å²) < 4.78 is 18.7. The number of hydrogen-bond acceptors (Lipinski definition) is 3. The van der Waals surface area contributed by atoms with Gasteiger partial charge in [0.2, 0.25) is 0 Å². The van der Waals surface area contributed by atoms with Gasteiger partial charge >= 0.3 is 6.09 Å². The third-order valence-electron chi connectivity index (χ3n) is 4.04. The lowest BCUT2D eigenvalue weighted by molar-refractivity contribution is 0.0159. The molecule has 5 heteroatoms. The number of hydrogen-bond donors (Lipinski definition) is 1. The quantitative estimate of drug-likeness (QED) is 0.903. The van der Waals surface area contributed by atoms with Crippen LogP contribution in [0, 0.1) is 11.7 Å². The molecule has 0 saturated carbocycles. The Labute approximate surface area is 138 Å². The molecule has 0 bridgehead atoms. The van der Waals surface area contributed by atoms with Gasteiger partial charge in [0, 0.05) is 24.8 Å². The molecule has 0 radical (unpaired) electrons. The molecule has 1 saturated heterocycles. The Balaban J connectivity index is 1.93. The van der Waals surface area contributed by atoms with Gasteiger partial charge in [-0.1, -0.05) is 6.07 Å². The zero-order valence-electron chi connectivity index (χ0n) is 14.4. The van der Waals surface area contributed by atoms with Gasteiger partial charge in [0.1, 0.15) is 11.4 Å². The molecule has 0 spiro atoms. The van der Waals surface area contributed by atoms with Crippen molar-refractivity contribution in [3.8, 4) is 0 Å². The van der Waals surface area contributed by atoms with Crippen LogP contribution >= 0.6 is 0 Å². The summed E-state index contributed by atoms with van der Waals surface area (Å²) in [6.07, 6.45) is 1.75. The molecule has 0 aromatic heterocycles. The molecule has 2 unspecified atom stereocenters. The minimum Gasteiger partial charge on any atom is -0.444 e. The second-order valence-electron chi connectivity index (χ2n) is 7.27. The highest BCUT2D eigenvalue weighted by atomic mass is 19.1. The molecule has 1 aromatic carbocycles. The van der Waals surface area contributed by atoms with E-state index < -0.39 is 5.60 Å². The fourth-order valence-electron chi connectivity index (χ4n) is 2.87. The summed E-state index contributed by atoms with van der Waals surface area (Å²) in [6, 6.07) is 6.62. The molecular formula is C18H27FN2O2. The Kier molecular flexibility index (Phi) is 5.50. The first-order chi connectivity index (χ1) is 10.7. The molecule has 1 N–H and O–H groups in total. The Morgan fingerprint density at radius 2 is 2.17 bits per heavy atom. The SMILES string of the molecule is CC(Nc1cccc(F)c1)C1CCCN(C(=O)OC(C)(C)C)C1. The minimum atomic E-state index is -0.477. The zero-order chi connectivity index (χ0) is 17.0. The van der Waals surface area contributed by atoms with Gasteiger partial charge in [-0.3, -0.25) is 0 Å². The third kappa shape index (κ3) is 5.41. The van der Waals surface area contributed by atoms with Crippen LogP contribution in [0.3, 0.4) is 0 Å². The van der Waals surface area contributed by atoms with Gasteiger partial charge in [0.05, 0.1) is 0 Å². The summed E-state index contributed by atoms with van der Waals surface area (Å²) >= 11 is 0. The maximum absolute atomic E-state index is 13.3. The van der Waals surface area contributed by atoms with Crippen molar-refractivity contribution in [1.82, 2.24) is 4.90 Å². The summed E-state index contributed by atoms with van der Waals surface area (Å²) in [5.41, 5.74) is 0.294. The van der Waals surface area contributed by atoms with Crippen molar-refractivity contribution < 1.29 is 13.9 Å². The second kappa shape index (κ2) is 7.20. The van der Waals surface area contributed by atoms with Gasteiger partial charge in [-0.05, 0) is 64.7 Å². The van der Waals surface area contributed by atoms with Gasteiger partial charge in [0.15, 0.2) is 0 Å². The molecule has 4 nitrogen and oxygen atoms in total. The molecule has 1 heterocycles. The van der Waals surface area contributed by atoms with E-state index >= 15 is 0 Å². The first kappa shape index (κ1) is 17.6. The Bertz CT molecular complexity index is 542. The van der Waals surface area contributed by atoms with Crippen LogP contribution in [0.1, 0.15) is 40.5 Å². The van der Waals surface area contributed by atoms with Crippen LogP contribution in [-0.2, 0) is 4.74 Å². The van der Waals surface area contributed by atoms with Crippen molar-refractivity contribution in [1.29, 1.82) is 0 Å². The molecule has 1 aliphatic rings. The predicted molar refractivity (Wildman–Crippen MR) is 90.0 cm³/mol. The number of halogens is 1. The van der Waals surface area contributed by atoms with E-state index in [2.05, 4.69) is 12.2 Å². The van der Waals surface area contributed by atoms with Crippen LogP contribution in [0.25, 0.3) is 0 Å². The van der Waals surface area contributed by atoms with Crippen LogP contribution in [-0.4, -0.2) is 35.7 Å². The highest BCUT2D eigenvalue weighted by molar-refractivity contribution is 5.68. The van der Waals surface area contributed by atoms with Crippen LogP contribution in [0.5, 0.6) is 0 Å². The number of benzene rings is 1. The molecule has 2 rings (SSSR count). The van der Waals surface area contributed by atoms with Crippen LogP contribution in [0.4, 0.5) is 14.9 Å². The number of anilines is 1. The van der Waals surface area contributed by atoms with Crippen molar-refractivity contribution >= 4 is 11.8 Å². The first-order valence-corrected chi connectivity index (χ1v) is 8.24. The fourth-order valence-corrected chi connectivity index (χ4v) is 2.87. The number of ether oxygens (including phenoxy) is 1. The van der Waals surface area contributed by atoms with E-state index in [4.69, 9.17) is 4.74 Å². The zero-order valence-corrected chi connectivity index (χ0v) is 14.4. The summed E-state index contributed by atoms with van der Waals surface area (Å²) in [5, 5.41) is 3.34. The van der Waals surface area contributed by atoms with Crippen molar-refractivity contribution in [2.24, 2.45) is 5.92 Å². The molecular weight excluding hydrogens is 295 g/mol. The second-order valence-corrected chi connectivity index (χ2v) is 7.27. The number of nitrogens with one attached hydrogen (secondary N) is 1. The highest BCUT2D eigenvalue weighted by Crippen LogP contribution is 2.24.